The Morgan fingerprint density at radius 2 is 2.06 bits per heavy atom. The summed E-state index contributed by atoms with van der Waals surface area (Å²) < 4.78 is 5.59. The predicted octanol–water partition coefficient (Wildman–Crippen LogP) is 6.45. The number of nitrogens with two attached hydrogens (primary N) is 1. The van der Waals surface area contributed by atoms with Crippen molar-refractivity contribution in [1.82, 2.24) is 4.90 Å². The highest BCUT2D eigenvalue weighted by Crippen LogP contribution is 2.31. The van der Waals surface area contributed by atoms with Crippen LogP contribution in [0.15, 0.2) is 64.0 Å². The van der Waals surface area contributed by atoms with Crippen molar-refractivity contribution >= 4 is 11.8 Å². The Kier molecular flexibility index (Phi) is 8.71. The number of carbonyl (C=O) groups is 1. The normalized spacial score (nSPS) is 22.3. The number of hydrogen-bond acceptors (Lipinski definition) is 4. The maximum atomic E-state index is 12.6. The summed E-state index contributed by atoms with van der Waals surface area (Å²) in [6, 6.07) is 0.0741. The summed E-state index contributed by atoms with van der Waals surface area (Å²) in [5, 5.41) is 0. The largest absolute Gasteiger partial charge is 0.444 e. The summed E-state index contributed by atoms with van der Waals surface area (Å²) in [7, 11) is 0. The molecule has 1 heterocycles. The highest BCUT2D eigenvalue weighted by Gasteiger charge is 2.33. The summed E-state index contributed by atoms with van der Waals surface area (Å²) in [5.41, 5.74) is 11.7. The van der Waals surface area contributed by atoms with E-state index >= 15 is 0 Å². The predicted molar refractivity (Wildman–Crippen MR) is 134 cm³/mol. The van der Waals surface area contributed by atoms with Crippen LogP contribution < -0.4 is 5.73 Å². The van der Waals surface area contributed by atoms with E-state index in [1.54, 1.807) is 0 Å². The molecule has 1 saturated heterocycles. The highest BCUT2D eigenvalue weighted by atomic mass is 16.6. The Balaban J connectivity index is 2.26. The Morgan fingerprint density at radius 3 is 2.62 bits per heavy atom. The number of hydrogen-bond donors (Lipinski definition) is 1. The Labute approximate surface area is 194 Å². The van der Waals surface area contributed by atoms with Gasteiger partial charge in [0.25, 0.3) is 0 Å². The molecule has 2 rings (SSSR count). The fourth-order valence-electron chi connectivity index (χ4n) is 4.08. The number of aliphatic imine (C=N–C) groups is 1. The van der Waals surface area contributed by atoms with Crippen molar-refractivity contribution in [3.8, 4) is 0 Å². The summed E-state index contributed by atoms with van der Waals surface area (Å²) in [5.74, 6) is 0.246. The van der Waals surface area contributed by atoms with Crippen molar-refractivity contribution in [3.05, 3.63) is 59.0 Å². The Morgan fingerprint density at radius 1 is 1.38 bits per heavy atom. The molecule has 1 aliphatic carbocycles. The number of carbonyl (C=O) groups excluding carboxylic acids is 1. The van der Waals surface area contributed by atoms with E-state index in [1.165, 1.54) is 0 Å². The summed E-state index contributed by atoms with van der Waals surface area (Å²) in [4.78, 5) is 19.4. The van der Waals surface area contributed by atoms with Gasteiger partial charge in [0.1, 0.15) is 5.60 Å². The molecular formula is C27H41N3O2. The van der Waals surface area contributed by atoms with Crippen LogP contribution >= 0.6 is 0 Å². The summed E-state index contributed by atoms with van der Waals surface area (Å²) in [6.07, 6.45) is 11.5. The molecule has 1 amide bonds. The SMILES string of the molecule is C=C(/C(C=C(C)C)=N/C1=C(N)C(CC)=CCC=C1)C1CCN(C(=O)OC(C)(C)C)[C@H](C)C1. The molecule has 2 atom stereocenters. The molecule has 0 radical (unpaired) electrons. The molecule has 5 nitrogen and oxygen atoms in total. The van der Waals surface area contributed by atoms with E-state index in [-0.39, 0.29) is 18.1 Å². The van der Waals surface area contributed by atoms with Gasteiger partial charge >= 0.3 is 6.09 Å². The van der Waals surface area contributed by atoms with E-state index in [0.29, 0.717) is 6.54 Å². The second-order valence-electron chi connectivity index (χ2n) is 10.0. The third kappa shape index (κ3) is 6.98. The van der Waals surface area contributed by atoms with Crippen LogP contribution in [0, 0.1) is 5.92 Å². The van der Waals surface area contributed by atoms with Gasteiger partial charge in [-0.05, 0) is 96.4 Å². The van der Waals surface area contributed by atoms with Crippen molar-refractivity contribution in [2.24, 2.45) is 16.6 Å². The van der Waals surface area contributed by atoms with Crippen LogP contribution in [-0.2, 0) is 4.74 Å². The molecular weight excluding hydrogens is 398 g/mol. The number of ether oxygens (including phenoxy) is 1. The van der Waals surface area contributed by atoms with Crippen molar-refractivity contribution < 1.29 is 9.53 Å². The molecule has 1 fully saturated rings. The molecule has 0 aromatic heterocycles. The van der Waals surface area contributed by atoms with Crippen molar-refractivity contribution in [2.75, 3.05) is 6.54 Å². The van der Waals surface area contributed by atoms with Crippen LogP contribution in [-0.4, -0.2) is 34.9 Å². The van der Waals surface area contributed by atoms with Gasteiger partial charge in [-0.15, -0.1) is 0 Å². The van der Waals surface area contributed by atoms with Gasteiger partial charge in [-0.25, -0.2) is 9.79 Å². The molecule has 0 saturated carbocycles. The molecule has 1 aliphatic heterocycles. The molecule has 5 heteroatoms. The third-order valence-electron chi connectivity index (χ3n) is 5.77. The van der Waals surface area contributed by atoms with Gasteiger partial charge in [-0.2, -0.15) is 0 Å². The van der Waals surface area contributed by atoms with E-state index in [0.717, 1.165) is 59.5 Å². The fourth-order valence-corrected chi connectivity index (χ4v) is 4.08. The zero-order chi connectivity index (χ0) is 24.1. The molecule has 0 spiro atoms. The van der Waals surface area contributed by atoms with Crippen LogP contribution in [0.4, 0.5) is 4.79 Å². The second-order valence-corrected chi connectivity index (χ2v) is 10.0. The molecule has 2 aliphatic rings. The van der Waals surface area contributed by atoms with Crippen LogP contribution in [0.3, 0.4) is 0 Å². The van der Waals surface area contributed by atoms with E-state index < -0.39 is 5.60 Å². The number of amides is 1. The van der Waals surface area contributed by atoms with Crippen LogP contribution in [0.2, 0.25) is 0 Å². The standard InChI is InChI=1S/C27H41N3O2/c1-9-21-12-10-11-13-23(25(21)28)29-24(16-18(2)3)20(5)22-14-15-30(19(4)17-22)26(31)32-27(6,7)8/h11-13,16,19,22H,5,9-10,14-15,17,28H2,1-4,6-8H3/b29-24+/t19-,22?/m1/s1. The van der Waals surface area contributed by atoms with Crippen molar-refractivity contribution in [1.29, 1.82) is 0 Å². The number of piperidine rings is 1. The lowest BCUT2D eigenvalue weighted by Crippen LogP contribution is -2.47. The number of allylic oxidation sites excluding steroid dienone is 7. The molecule has 1 unspecified atom stereocenters. The maximum Gasteiger partial charge on any atom is 0.410 e. The lowest BCUT2D eigenvalue weighted by Gasteiger charge is -2.39. The quantitative estimate of drug-likeness (QED) is 0.500. The first kappa shape index (κ1) is 25.7. The van der Waals surface area contributed by atoms with Gasteiger partial charge < -0.3 is 15.4 Å². The van der Waals surface area contributed by atoms with E-state index in [1.807, 2.05) is 31.7 Å². The number of nitrogens with zero attached hydrogens (tertiary/aromatic N) is 2. The maximum absolute atomic E-state index is 12.6. The smallest absolute Gasteiger partial charge is 0.410 e. The summed E-state index contributed by atoms with van der Waals surface area (Å²) >= 11 is 0. The first-order valence-corrected chi connectivity index (χ1v) is 11.7. The fraction of sp³-hybridized carbons (Fsp3) is 0.556. The van der Waals surface area contributed by atoms with Gasteiger partial charge in [0.2, 0.25) is 0 Å². The minimum Gasteiger partial charge on any atom is -0.444 e. The lowest BCUT2D eigenvalue weighted by molar-refractivity contribution is 0.00898. The Bertz CT molecular complexity index is 877. The molecule has 0 aromatic carbocycles. The summed E-state index contributed by atoms with van der Waals surface area (Å²) in [6.45, 7) is 19.1. The number of rotatable bonds is 5. The Hall–Kier alpha value is -2.56. The van der Waals surface area contributed by atoms with Crippen molar-refractivity contribution in [2.45, 2.75) is 85.8 Å². The van der Waals surface area contributed by atoms with E-state index in [2.05, 4.69) is 52.5 Å². The number of likely N-dealkylation sites (tertiary alicyclic amines) is 1. The molecule has 176 valence electrons. The third-order valence-corrected chi connectivity index (χ3v) is 5.77. The second kappa shape index (κ2) is 10.8. The van der Waals surface area contributed by atoms with Crippen LogP contribution in [0.25, 0.3) is 0 Å². The van der Waals surface area contributed by atoms with Crippen LogP contribution in [0.5, 0.6) is 0 Å². The minimum absolute atomic E-state index is 0.0741. The average Bonchev–Trinajstić information content (AvgIpc) is 2.86. The van der Waals surface area contributed by atoms with Gasteiger partial charge in [-0.1, -0.05) is 31.2 Å². The molecule has 0 bridgehead atoms. The zero-order valence-corrected chi connectivity index (χ0v) is 21.0. The lowest BCUT2D eigenvalue weighted by atomic mass is 9.84. The first-order chi connectivity index (χ1) is 14.9. The highest BCUT2D eigenvalue weighted by molar-refractivity contribution is 6.09. The monoisotopic (exact) mass is 439 g/mol. The van der Waals surface area contributed by atoms with Gasteiger partial charge in [-0.3, -0.25) is 0 Å². The topological polar surface area (TPSA) is 67.9 Å². The van der Waals surface area contributed by atoms with Gasteiger partial charge in [0.05, 0.1) is 17.1 Å². The van der Waals surface area contributed by atoms with Gasteiger partial charge in [0.15, 0.2) is 0 Å². The average molecular weight is 440 g/mol. The van der Waals surface area contributed by atoms with Crippen LogP contribution in [0.1, 0.15) is 74.1 Å². The van der Waals surface area contributed by atoms with E-state index in [4.69, 9.17) is 15.5 Å². The van der Waals surface area contributed by atoms with E-state index in [9.17, 15) is 4.79 Å². The van der Waals surface area contributed by atoms with Crippen molar-refractivity contribution in [3.63, 3.8) is 0 Å². The molecule has 0 aromatic rings. The first-order valence-electron chi connectivity index (χ1n) is 11.7. The van der Waals surface area contributed by atoms with Gasteiger partial charge in [0, 0.05) is 12.6 Å². The molecule has 2 N–H and O–H groups in total. The zero-order valence-electron chi connectivity index (χ0n) is 21.0. The molecule has 32 heavy (non-hydrogen) atoms. The minimum atomic E-state index is -0.494.